The van der Waals surface area contributed by atoms with Crippen molar-refractivity contribution in [2.75, 3.05) is 6.61 Å². The average molecular weight is 274 g/mol. The molecule has 0 bridgehead atoms. The molecule has 20 heavy (non-hydrogen) atoms. The van der Waals surface area contributed by atoms with Gasteiger partial charge in [0.2, 0.25) is 0 Å². The molecule has 0 saturated carbocycles. The summed E-state index contributed by atoms with van der Waals surface area (Å²) < 4.78 is 7.54. The van der Waals surface area contributed by atoms with Gasteiger partial charge in [0.05, 0.1) is 12.8 Å². The molecule has 0 aliphatic rings. The Balaban J connectivity index is 1.79. The summed E-state index contributed by atoms with van der Waals surface area (Å²) in [6.07, 6.45) is 5.57. The molecule has 0 amide bonds. The van der Waals surface area contributed by atoms with E-state index in [-0.39, 0.29) is 6.04 Å². The van der Waals surface area contributed by atoms with Gasteiger partial charge in [-0.1, -0.05) is 12.1 Å². The molecule has 0 fully saturated rings. The van der Waals surface area contributed by atoms with Gasteiger partial charge < -0.3 is 4.74 Å². The van der Waals surface area contributed by atoms with Crippen LogP contribution >= 0.6 is 0 Å². The Morgan fingerprint density at radius 3 is 2.95 bits per heavy atom. The summed E-state index contributed by atoms with van der Waals surface area (Å²) >= 11 is 0. The van der Waals surface area contributed by atoms with E-state index in [0.29, 0.717) is 6.61 Å². The van der Waals surface area contributed by atoms with Gasteiger partial charge in [-0.05, 0) is 43.0 Å². The van der Waals surface area contributed by atoms with E-state index in [1.807, 2.05) is 37.6 Å². The second-order valence-corrected chi connectivity index (χ2v) is 5.04. The van der Waals surface area contributed by atoms with Gasteiger partial charge in [0, 0.05) is 19.3 Å². The monoisotopic (exact) mass is 274 g/mol. The lowest BCUT2D eigenvalue weighted by Gasteiger charge is -2.15. The SMILES string of the molecule is Cc1cccc(OCCC(Cc2cnn(C)c2)NN)c1. The third-order valence-electron chi connectivity index (χ3n) is 3.20. The van der Waals surface area contributed by atoms with Crippen molar-refractivity contribution in [1.29, 1.82) is 0 Å². The number of nitrogens with one attached hydrogen (secondary N) is 1. The number of aromatic nitrogens is 2. The van der Waals surface area contributed by atoms with Gasteiger partial charge in [-0.25, -0.2) is 0 Å². The van der Waals surface area contributed by atoms with Crippen LogP contribution in [0.3, 0.4) is 0 Å². The second-order valence-electron chi connectivity index (χ2n) is 5.04. The third-order valence-corrected chi connectivity index (χ3v) is 3.20. The fourth-order valence-electron chi connectivity index (χ4n) is 2.13. The van der Waals surface area contributed by atoms with Crippen molar-refractivity contribution < 1.29 is 4.74 Å². The maximum atomic E-state index is 5.75. The molecule has 5 heteroatoms. The zero-order chi connectivity index (χ0) is 14.4. The highest BCUT2D eigenvalue weighted by atomic mass is 16.5. The molecule has 0 saturated heterocycles. The van der Waals surface area contributed by atoms with Gasteiger partial charge in [-0.2, -0.15) is 5.10 Å². The first-order valence-corrected chi connectivity index (χ1v) is 6.80. The summed E-state index contributed by atoms with van der Waals surface area (Å²) in [4.78, 5) is 0. The maximum Gasteiger partial charge on any atom is 0.119 e. The molecule has 108 valence electrons. The highest BCUT2D eigenvalue weighted by Gasteiger charge is 2.09. The molecule has 2 aromatic rings. The normalized spacial score (nSPS) is 12.3. The number of rotatable bonds is 7. The lowest BCUT2D eigenvalue weighted by atomic mass is 10.1. The first kappa shape index (κ1) is 14.6. The van der Waals surface area contributed by atoms with Crippen LogP contribution in [-0.2, 0) is 13.5 Å². The Morgan fingerprint density at radius 1 is 1.45 bits per heavy atom. The molecule has 1 aromatic carbocycles. The van der Waals surface area contributed by atoms with Gasteiger partial charge in [-0.15, -0.1) is 0 Å². The average Bonchev–Trinajstić information content (AvgIpc) is 2.83. The number of benzene rings is 1. The van der Waals surface area contributed by atoms with Crippen molar-refractivity contribution in [1.82, 2.24) is 15.2 Å². The molecule has 1 unspecified atom stereocenters. The molecule has 0 aliphatic heterocycles. The number of aryl methyl sites for hydroxylation is 2. The topological polar surface area (TPSA) is 65.1 Å². The van der Waals surface area contributed by atoms with E-state index in [0.717, 1.165) is 18.6 Å². The standard InChI is InChI=1S/C15H22N4O/c1-12-4-3-5-15(8-12)20-7-6-14(18-16)9-13-10-17-19(2)11-13/h3-5,8,10-11,14,18H,6-7,9,16H2,1-2H3. The van der Waals surface area contributed by atoms with Crippen LogP contribution in [0.2, 0.25) is 0 Å². The third kappa shape index (κ3) is 4.36. The Kier molecular flexibility index (Phi) is 5.15. The van der Waals surface area contributed by atoms with Crippen LogP contribution < -0.4 is 16.0 Å². The highest BCUT2D eigenvalue weighted by molar-refractivity contribution is 5.27. The smallest absolute Gasteiger partial charge is 0.119 e. The predicted octanol–water partition coefficient (Wildman–Crippen LogP) is 1.57. The van der Waals surface area contributed by atoms with Gasteiger partial charge >= 0.3 is 0 Å². The molecule has 5 nitrogen and oxygen atoms in total. The molecule has 0 radical (unpaired) electrons. The molecule has 3 N–H and O–H groups in total. The van der Waals surface area contributed by atoms with Crippen LogP contribution in [0.4, 0.5) is 0 Å². The summed E-state index contributed by atoms with van der Waals surface area (Å²) in [5.41, 5.74) is 5.21. The minimum atomic E-state index is 0.184. The number of nitrogens with two attached hydrogens (primary N) is 1. The molecule has 2 rings (SSSR count). The second kappa shape index (κ2) is 7.07. The molecule has 0 aliphatic carbocycles. The van der Waals surface area contributed by atoms with Crippen molar-refractivity contribution in [3.8, 4) is 5.75 Å². The Labute approximate surface area is 119 Å². The largest absolute Gasteiger partial charge is 0.494 e. The minimum absolute atomic E-state index is 0.184. The van der Waals surface area contributed by atoms with Crippen LogP contribution in [0.25, 0.3) is 0 Å². The van der Waals surface area contributed by atoms with Crippen LogP contribution in [0.5, 0.6) is 5.75 Å². The van der Waals surface area contributed by atoms with E-state index in [2.05, 4.69) is 23.5 Å². The van der Waals surface area contributed by atoms with E-state index in [9.17, 15) is 0 Å². The molecule has 1 atom stereocenters. The quantitative estimate of drug-likeness (QED) is 0.594. The highest BCUT2D eigenvalue weighted by Crippen LogP contribution is 2.13. The number of ether oxygens (including phenoxy) is 1. The number of hydrogen-bond donors (Lipinski definition) is 2. The Hall–Kier alpha value is -1.85. The van der Waals surface area contributed by atoms with Crippen LogP contribution in [0, 0.1) is 6.92 Å². The number of hydrogen-bond acceptors (Lipinski definition) is 4. The summed E-state index contributed by atoms with van der Waals surface area (Å²) in [5.74, 6) is 6.50. The molecular formula is C15H22N4O. The van der Waals surface area contributed by atoms with E-state index in [1.54, 1.807) is 4.68 Å². The van der Waals surface area contributed by atoms with Crippen molar-refractivity contribution in [2.24, 2.45) is 12.9 Å². The van der Waals surface area contributed by atoms with Crippen molar-refractivity contribution >= 4 is 0 Å². The summed E-state index contributed by atoms with van der Waals surface area (Å²) in [6.45, 7) is 2.69. The molecule has 1 heterocycles. The lowest BCUT2D eigenvalue weighted by Crippen LogP contribution is -2.37. The molecule has 0 spiro atoms. The van der Waals surface area contributed by atoms with Gasteiger partial charge in [-0.3, -0.25) is 16.0 Å². The van der Waals surface area contributed by atoms with Crippen LogP contribution in [0.15, 0.2) is 36.7 Å². The van der Waals surface area contributed by atoms with E-state index in [4.69, 9.17) is 10.6 Å². The van der Waals surface area contributed by atoms with Crippen LogP contribution in [0.1, 0.15) is 17.5 Å². The number of hydrazine groups is 1. The first-order chi connectivity index (χ1) is 9.67. The maximum absolute atomic E-state index is 5.75. The summed E-state index contributed by atoms with van der Waals surface area (Å²) in [6, 6.07) is 8.24. The Morgan fingerprint density at radius 2 is 2.30 bits per heavy atom. The Bertz CT molecular complexity index is 538. The fourth-order valence-corrected chi connectivity index (χ4v) is 2.13. The van der Waals surface area contributed by atoms with E-state index in [1.165, 1.54) is 11.1 Å². The van der Waals surface area contributed by atoms with Crippen molar-refractivity contribution in [2.45, 2.75) is 25.8 Å². The summed E-state index contributed by atoms with van der Waals surface area (Å²) in [7, 11) is 1.91. The van der Waals surface area contributed by atoms with E-state index < -0.39 is 0 Å². The van der Waals surface area contributed by atoms with Crippen molar-refractivity contribution in [3.63, 3.8) is 0 Å². The van der Waals surface area contributed by atoms with Gasteiger partial charge in [0.25, 0.3) is 0 Å². The minimum Gasteiger partial charge on any atom is -0.494 e. The zero-order valence-electron chi connectivity index (χ0n) is 12.0. The molecule has 1 aromatic heterocycles. The predicted molar refractivity (Wildman–Crippen MR) is 79.3 cm³/mol. The van der Waals surface area contributed by atoms with Crippen molar-refractivity contribution in [3.05, 3.63) is 47.8 Å². The first-order valence-electron chi connectivity index (χ1n) is 6.80. The van der Waals surface area contributed by atoms with Gasteiger partial charge in [0.15, 0.2) is 0 Å². The van der Waals surface area contributed by atoms with Crippen LogP contribution in [-0.4, -0.2) is 22.4 Å². The zero-order valence-corrected chi connectivity index (χ0v) is 12.0. The van der Waals surface area contributed by atoms with E-state index >= 15 is 0 Å². The van der Waals surface area contributed by atoms with Gasteiger partial charge in [0.1, 0.15) is 5.75 Å². The fraction of sp³-hybridized carbons (Fsp3) is 0.400. The lowest BCUT2D eigenvalue weighted by molar-refractivity contribution is 0.285. The number of nitrogens with zero attached hydrogens (tertiary/aromatic N) is 2. The summed E-state index contributed by atoms with van der Waals surface area (Å²) in [5, 5.41) is 4.16. The molecular weight excluding hydrogens is 252 g/mol.